The van der Waals surface area contributed by atoms with Crippen LogP contribution in [-0.4, -0.2) is 38.8 Å². The number of ether oxygens (including phenoxy) is 1. The molecule has 0 amide bonds. The Hall–Kier alpha value is -0.0500. The largest absolute Gasteiger partial charge is 0.376 e. The Labute approximate surface area is 146 Å². The molecule has 1 fully saturated rings. The van der Waals surface area contributed by atoms with E-state index in [1.807, 2.05) is 6.07 Å². The first-order valence-electron chi connectivity index (χ1n) is 6.58. The molecule has 4 nitrogen and oxygen atoms in total. The van der Waals surface area contributed by atoms with Crippen molar-refractivity contribution < 1.29 is 4.74 Å². The lowest BCUT2D eigenvalue weighted by atomic mass is 10.2. The highest BCUT2D eigenvalue weighted by Gasteiger charge is 2.15. The molecule has 2 heterocycles. The minimum absolute atomic E-state index is 0. The van der Waals surface area contributed by atoms with Crippen LogP contribution in [0.5, 0.6) is 0 Å². The van der Waals surface area contributed by atoms with E-state index in [2.05, 4.69) is 21.7 Å². The average Bonchev–Trinajstić information content (AvgIpc) is 3.05. The van der Waals surface area contributed by atoms with Crippen molar-refractivity contribution in [2.45, 2.75) is 25.4 Å². The fraction of sp³-hybridized carbons (Fsp3) is 0.615. The van der Waals surface area contributed by atoms with Crippen LogP contribution in [0, 0.1) is 0 Å². The summed E-state index contributed by atoms with van der Waals surface area (Å²) in [5.41, 5.74) is 0. The van der Waals surface area contributed by atoms with Crippen LogP contribution in [0.4, 0.5) is 0 Å². The van der Waals surface area contributed by atoms with Crippen molar-refractivity contribution in [2.75, 3.05) is 26.7 Å². The molecule has 1 unspecified atom stereocenters. The Morgan fingerprint density at radius 1 is 1.50 bits per heavy atom. The molecule has 20 heavy (non-hydrogen) atoms. The molecule has 0 aliphatic carbocycles. The van der Waals surface area contributed by atoms with E-state index in [-0.39, 0.29) is 24.0 Å². The predicted molar refractivity (Wildman–Crippen MR) is 96.8 cm³/mol. The zero-order chi connectivity index (χ0) is 13.5. The molecule has 1 saturated heterocycles. The molecule has 0 bridgehead atoms. The second-order valence-corrected chi connectivity index (χ2v) is 6.27. The van der Waals surface area contributed by atoms with Crippen molar-refractivity contribution >= 4 is 52.9 Å². The quantitative estimate of drug-likeness (QED) is 0.430. The summed E-state index contributed by atoms with van der Waals surface area (Å²) in [6.07, 6.45) is 3.59. The summed E-state index contributed by atoms with van der Waals surface area (Å²) in [6, 6.07) is 4.00. The van der Waals surface area contributed by atoms with Gasteiger partial charge >= 0.3 is 0 Å². The van der Waals surface area contributed by atoms with Crippen LogP contribution in [0.3, 0.4) is 0 Å². The third kappa shape index (κ3) is 6.15. The lowest BCUT2D eigenvalue weighted by Gasteiger charge is -2.14. The summed E-state index contributed by atoms with van der Waals surface area (Å²) in [5.74, 6) is 0.832. The smallest absolute Gasteiger partial charge is 0.191 e. The predicted octanol–water partition coefficient (Wildman–Crippen LogP) is 2.91. The van der Waals surface area contributed by atoms with Gasteiger partial charge in [-0.15, -0.1) is 35.3 Å². The highest BCUT2D eigenvalue weighted by molar-refractivity contribution is 14.0. The van der Waals surface area contributed by atoms with Crippen molar-refractivity contribution in [3.63, 3.8) is 0 Å². The SMILES string of the molecule is CN=C(NCCc1ccc(Cl)s1)NCC1CCCO1.I. The zero-order valence-electron chi connectivity index (χ0n) is 11.5. The van der Waals surface area contributed by atoms with Gasteiger partial charge < -0.3 is 15.4 Å². The van der Waals surface area contributed by atoms with E-state index >= 15 is 0 Å². The van der Waals surface area contributed by atoms with Gasteiger partial charge in [0.15, 0.2) is 5.96 Å². The number of halogens is 2. The third-order valence-corrected chi connectivity index (χ3v) is 4.33. The highest BCUT2D eigenvalue weighted by atomic mass is 127. The Kier molecular flexibility index (Phi) is 8.83. The van der Waals surface area contributed by atoms with Gasteiger partial charge in [-0.25, -0.2) is 0 Å². The van der Waals surface area contributed by atoms with Crippen LogP contribution in [0.15, 0.2) is 17.1 Å². The van der Waals surface area contributed by atoms with Crippen LogP contribution in [-0.2, 0) is 11.2 Å². The molecule has 0 radical (unpaired) electrons. The molecule has 1 atom stereocenters. The Morgan fingerprint density at radius 2 is 2.35 bits per heavy atom. The Balaban J connectivity index is 0.00000200. The highest BCUT2D eigenvalue weighted by Crippen LogP contribution is 2.21. The molecule has 1 aromatic rings. The second kappa shape index (κ2) is 9.81. The molecule has 1 aliphatic rings. The van der Waals surface area contributed by atoms with Gasteiger partial charge in [-0.3, -0.25) is 4.99 Å². The number of rotatable bonds is 5. The van der Waals surface area contributed by atoms with Crippen molar-refractivity contribution in [3.05, 3.63) is 21.3 Å². The van der Waals surface area contributed by atoms with Crippen molar-refractivity contribution in [1.29, 1.82) is 0 Å². The topological polar surface area (TPSA) is 45.7 Å². The monoisotopic (exact) mass is 429 g/mol. The molecule has 2 rings (SSSR count). The Morgan fingerprint density at radius 3 is 2.95 bits per heavy atom. The molecule has 1 aliphatic heterocycles. The van der Waals surface area contributed by atoms with E-state index in [1.165, 1.54) is 4.88 Å². The fourth-order valence-electron chi connectivity index (χ4n) is 2.03. The van der Waals surface area contributed by atoms with E-state index in [4.69, 9.17) is 16.3 Å². The standard InChI is InChI=1S/C13H20ClN3OS.HI/c1-15-13(17-9-10-3-2-8-18-10)16-7-6-11-4-5-12(14)19-11;/h4-5,10H,2-3,6-9H2,1H3,(H2,15,16,17);1H. The van der Waals surface area contributed by atoms with Crippen LogP contribution in [0.25, 0.3) is 0 Å². The number of nitrogens with one attached hydrogen (secondary N) is 2. The van der Waals surface area contributed by atoms with Crippen LogP contribution < -0.4 is 10.6 Å². The first-order chi connectivity index (χ1) is 9.28. The van der Waals surface area contributed by atoms with Crippen LogP contribution >= 0.6 is 46.9 Å². The van der Waals surface area contributed by atoms with Gasteiger partial charge in [0.2, 0.25) is 0 Å². The summed E-state index contributed by atoms with van der Waals surface area (Å²) >= 11 is 7.53. The zero-order valence-corrected chi connectivity index (χ0v) is 15.4. The minimum atomic E-state index is 0. The van der Waals surface area contributed by atoms with Gasteiger partial charge in [-0.1, -0.05) is 11.6 Å². The normalized spacial score (nSPS) is 18.7. The fourth-order valence-corrected chi connectivity index (χ4v) is 3.11. The van der Waals surface area contributed by atoms with E-state index in [1.54, 1.807) is 18.4 Å². The maximum absolute atomic E-state index is 5.90. The van der Waals surface area contributed by atoms with Crippen molar-refractivity contribution in [2.24, 2.45) is 4.99 Å². The second-order valence-electron chi connectivity index (χ2n) is 4.47. The first kappa shape index (κ1) is 18.0. The summed E-state index contributed by atoms with van der Waals surface area (Å²) in [5, 5.41) is 6.59. The number of guanidine groups is 1. The molecule has 0 aromatic carbocycles. The summed E-state index contributed by atoms with van der Waals surface area (Å²) in [4.78, 5) is 5.49. The number of aliphatic imine (C=N–C) groups is 1. The molecule has 2 N–H and O–H groups in total. The minimum Gasteiger partial charge on any atom is -0.376 e. The maximum Gasteiger partial charge on any atom is 0.191 e. The Bertz CT molecular complexity index is 422. The lowest BCUT2D eigenvalue weighted by Crippen LogP contribution is -2.41. The summed E-state index contributed by atoms with van der Waals surface area (Å²) in [6.45, 7) is 2.56. The number of thiophene rings is 1. The molecular weight excluding hydrogens is 409 g/mol. The molecule has 114 valence electrons. The van der Waals surface area contributed by atoms with Gasteiger partial charge in [-0.05, 0) is 31.4 Å². The number of hydrogen-bond donors (Lipinski definition) is 2. The van der Waals surface area contributed by atoms with Gasteiger partial charge in [-0.2, -0.15) is 0 Å². The van der Waals surface area contributed by atoms with Crippen molar-refractivity contribution in [1.82, 2.24) is 10.6 Å². The maximum atomic E-state index is 5.90. The first-order valence-corrected chi connectivity index (χ1v) is 7.77. The van der Waals surface area contributed by atoms with Gasteiger partial charge in [0.05, 0.1) is 10.4 Å². The van der Waals surface area contributed by atoms with Gasteiger partial charge in [0.25, 0.3) is 0 Å². The molecule has 0 spiro atoms. The number of nitrogens with zero attached hydrogens (tertiary/aromatic N) is 1. The molecule has 0 saturated carbocycles. The molecule has 7 heteroatoms. The van der Waals surface area contributed by atoms with Gasteiger partial charge in [0.1, 0.15) is 0 Å². The van der Waals surface area contributed by atoms with E-state index < -0.39 is 0 Å². The van der Waals surface area contributed by atoms with E-state index in [0.29, 0.717) is 6.10 Å². The summed E-state index contributed by atoms with van der Waals surface area (Å²) < 4.78 is 6.41. The van der Waals surface area contributed by atoms with Gasteiger partial charge in [0, 0.05) is 31.6 Å². The van der Waals surface area contributed by atoms with Crippen LogP contribution in [0.2, 0.25) is 4.34 Å². The molecular formula is C13H21ClIN3OS. The van der Waals surface area contributed by atoms with Crippen LogP contribution in [0.1, 0.15) is 17.7 Å². The average molecular weight is 430 g/mol. The lowest BCUT2D eigenvalue weighted by molar-refractivity contribution is 0.114. The van der Waals surface area contributed by atoms with Crippen molar-refractivity contribution in [3.8, 4) is 0 Å². The van der Waals surface area contributed by atoms with E-state index in [9.17, 15) is 0 Å². The number of hydrogen-bond acceptors (Lipinski definition) is 3. The van der Waals surface area contributed by atoms with E-state index in [0.717, 1.165) is 49.3 Å². The third-order valence-electron chi connectivity index (χ3n) is 3.04. The summed E-state index contributed by atoms with van der Waals surface area (Å²) in [7, 11) is 1.78. The molecule has 1 aromatic heterocycles.